The minimum Gasteiger partial charge on any atom is -0.369 e. The molecule has 15 heavy (non-hydrogen) atoms. The van der Waals surface area contributed by atoms with Crippen molar-refractivity contribution in [3.8, 4) is 0 Å². The van der Waals surface area contributed by atoms with Gasteiger partial charge in [0.05, 0.1) is 18.1 Å². The van der Waals surface area contributed by atoms with Crippen LogP contribution in [-0.2, 0) is 17.7 Å². The first kappa shape index (κ1) is 10.6. The molecule has 1 aromatic rings. The van der Waals surface area contributed by atoms with Gasteiger partial charge in [0.1, 0.15) is 0 Å². The summed E-state index contributed by atoms with van der Waals surface area (Å²) in [6.45, 7) is 7.09. The molecule has 4 heteroatoms. The highest BCUT2D eigenvalue weighted by Crippen LogP contribution is 2.24. The van der Waals surface area contributed by atoms with Crippen LogP contribution in [0.3, 0.4) is 0 Å². The predicted octanol–water partition coefficient (Wildman–Crippen LogP) is 1.50. The van der Waals surface area contributed by atoms with Crippen molar-refractivity contribution in [1.82, 2.24) is 15.1 Å². The van der Waals surface area contributed by atoms with Gasteiger partial charge in [-0.15, -0.1) is 0 Å². The Kier molecular flexibility index (Phi) is 3.07. The summed E-state index contributed by atoms with van der Waals surface area (Å²) in [6.07, 6.45) is 1.09. The maximum Gasteiger partial charge on any atom is 0.0989 e. The standard InChI is InChI=1S/C11H19N3O/c1-8(2)11-9-4-5-14(7-15-3)6-10(9)12-13-11/h8H,4-7H2,1-3H3,(H,12,13). The predicted molar refractivity (Wildman–Crippen MR) is 58.7 cm³/mol. The lowest BCUT2D eigenvalue weighted by molar-refractivity contribution is 0.0534. The second kappa shape index (κ2) is 4.33. The van der Waals surface area contributed by atoms with Crippen molar-refractivity contribution in [2.24, 2.45) is 0 Å². The van der Waals surface area contributed by atoms with E-state index >= 15 is 0 Å². The molecular weight excluding hydrogens is 190 g/mol. The molecule has 1 aliphatic rings. The van der Waals surface area contributed by atoms with Crippen molar-refractivity contribution >= 4 is 0 Å². The highest BCUT2D eigenvalue weighted by molar-refractivity contribution is 5.29. The van der Waals surface area contributed by atoms with Crippen LogP contribution in [0.1, 0.15) is 36.7 Å². The van der Waals surface area contributed by atoms with Gasteiger partial charge in [-0.25, -0.2) is 0 Å². The summed E-state index contributed by atoms with van der Waals surface area (Å²) < 4.78 is 5.14. The molecule has 0 fully saturated rings. The molecule has 0 aromatic carbocycles. The fourth-order valence-electron chi connectivity index (χ4n) is 2.17. The SMILES string of the molecule is COCN1CCc2c(C(C)C)n[nH]c2C1. The summed E-state index contributed by atoms with van der Waals surface area (Å²) in [4.78, 5) is 2.28. The number of H-pyrrole nitrogens is 1. The van der Waals surface area contributed by atoms with E-state index in [-0.39, 0.29) is 0 Å². The average Bonchev–Trinajstić information content (AvgIpc) is 2.61. The number of hydrogen-bond acceptors (Lipinski definition) is 3. The van der Waals surface area contributed by atoms with E-state index in [4.69, 9.17) is 4.74 Å². The molecule has 2 rings (SSSR count). The lowest BCUT2D eigenvalue weighted by atomic mass is 9.99. The van der Waals surface area contributed by atoms with Gasteiger partial charge >= 0.3 is 0 Å². The molecule has 0 atom stereocenters. The zero-order chi connectivity index (χ0) is 10.8. The summed E-state index contributed by atoms with van der Waals surface area (Å²) in [7, 11) is 1.74. The van der Waals surface area contributed by atoms with Crippen LogP contribution < -0.4 is 0 Å². The van der Waals surface area contributed by atoms with Crippen molar-refractivity contribution in [2.45, 2.75) is 32.7 Å². The molecule has 0 unspecified atom stereocenters. The van der Waals surface area contributed by atoms with Crippen LogP contribution in [0.2, 0.25) is 0 Å². The quantitative estimate of drug-likeness (QED) is 0.820. The number of methoxy groups -OCH3 is 1. The van der Waals surface area contributed by atoms with Crippen LogP contribution in [0.15, 0.2) is 0 Å². The van der Waals surface area contributed by atoms with E-state index in [2.05, 4.69) is 28.9 Å². The number of aromatic amines is 1. The van der Waals surface area contributed by atoms with E-state index in [1.165, 1.54) is 17.0 Å². The van der Waals surface area contributed by atoms with Gasteiger partial charge in [-0.05, 0) is 17.9 Å². The van der Waals surface area contributed by atoms with Crippen LogP contribution >= 0.6 is 0 Å². The number of ether oxygens (including phenoxy) is 1. The Hall–Kier alpha value is -0.870. The number of hydrogen-bond donors (Lipinski definition) is 1. The molecule has 84 valence electrons. The second-order valence-electron chi connectivity index (χ2n) is 4.44. The lowest BCUT2D eigenvalue weighted by Crippen LogP contribution is -2.32. The van der Waals surface area contributed by atoms with Crippen LogP contribution in [0.5, 0.6) is 0 Å². The molecule has 2 heterocycles. The van der Waals surface area contributed by atoms with Crippen LogP contribution in [0.25, 0.3) is 0 Å². The molecule has 4 nitrogen and oxygen atoms in total. The van der Waals surface area contributed by atoms with Crippen molar-refractivity contribution in [1.29, 1.82) is 0 Å². The Bertz CT molecular complexity index is 333. The van der Waals surface area contributed by atoms with Gasteiger partial charge in [-0.3, -0.25) is 10.00 Å². The summed E-state index contributed by atoms with van der Waals surface area (Å²) in [5, 5.41) is 7.55. The number of aromatic nitrogens is 2. The average molecular weight is 209 g/mol. The van der Waals surface area contributed by atoms with Gasteiger partial charge in [0.2, 0.25) is 0 Å². The first-order valence-corrected chi connectivity index (χ1v) is 5.49. The maximum absolute atomic E-state index is 5.14. The molecular formula is C11H19N3O. The van der Waals surface area contributed by atoms with E-state index in [9.17, 15) is 0 Å². The smallest absolute Gasteiger partial charge is 0.0989 e. The highest BCUT2D eigenvalue weighted by atomic mass is 16.5. The maximum atomic E-state index is 5.14. The molecule has 0 spiro atoms. The largest absolute Gasteiger partial charge is 0.369 e. The van der Waals surface area contributed by atoms with E-state index in [0.717, 1.165) is 19.5 Å². The Morgan fingerprint density at radius 3 is 3.00 bits per heavy atom. The third-order valence-electron chi connectivity index (χ3n) is 2.90. The topological polar surface area (TPSA) is 41.1 Å². The van der Waals surface area contributed by atoms with Crippen molar-refractivity contribution in [2.75, 3.05) is 20.4 Å². The molecule has 1 aromatic heterocycles. The summed E-state index contributed by atoms with van der Waals surface area (Å²) in [5.74, 6) is 0.513. The van der Waals surface area contributed by atoms with Gasteiger partial charge in [-0.2, -0.15) is 5.10 Å². The molecule has 0 aliphatic carbocycles. The summed E-state index contributed by atoms with van der Waals surface area (Å²) >= 11 is 0. The number of nitrogens with zero attached hydrogens (tertiary/aromatic N) is 2. The minimum atomic E-state index is 0.513. The van der Waals surface area contributed by atoms with Crippen molar-refractivity contribution in [3.05, 3.63) is 17.0 Å². The van der Waals surface area contributed by atoms with E-state index in [1.54, 1.807) is 7.11 Å². The van der Waals surface area contributed by atoms with Crippen LogP contribution in [-0.4, -0.2) is 35.5 Å². The fourth-order valence-corrected chi connectivity index (χ4v) is 2.17. The molecule has 1 aliphatic heterocycles. The van der Waals surface area contributed by atoms with Crippen molar-refractivity contribution in [3.63, 3.8) is 0 Å². The molecule has 1 N–H and O–H groups in total. The highest BCUT2D eigenvalue weighted by Gasteiger charge is 2.22. The Morgan fingerprint density at radius 2 is 2.33 bits per heavy atom. The van der Waals surface area contributed by atoms with E-state index in [1.807, 2.05) is 0 Å². The van der Waals surface area contributed by atoms with Gasteiger partial charge in [0.15, 0.2) is 0 Å². The number of fused-ring (bicyclic) bond motifs is 1. The Morgan fingerprint density at radius 1 is 1.53 bits per heavy atom. The molecule has 0 saturated heterocycles. The Balaban J connectivity index is 2.15. The third-order valence-corrected chi connectivity index (χ3v) is 2.90. The minimum absolute atomic E-state index is 0.513. The molecule has 0 saturated carbocycles. The molecule has 0 bridgehead atoms. The zero-order valence-electron chi connectivity index (χ0n) is 9.71. The normalized spacial score (nSPS) is 17.1. The zero-order valence-corrected chi connectivity index (χ0v) is 9.71. The second-order valence-corrected chi connectivity index (χ2v) is 4.44. The molecule has 0 amide bonds. The number of rotatable bonds is 3. The molecule has 0 radical (unpaired) electrons. The van der Waals surface area contributed by atoms with Gasteiger partial charge in [-0.1, -0.05) is 13.8 Å². The van der Waals surface area contributed by atoms with Gasteiger partial charge < -0.3 is 4.74 Å². The monoisotopic (exact) mass is 209 g/mol. The van der Waals surface area contributed by atoms with Gasteiger partial charge in [0, 0.05) is 20.2 Å². The van der Waals surface area contributed by atoms with Crippen molar-refractivity contribution < 1.29 is 4.74 Å². The van der Waals surface area contributed by atoms with E-state index < -0.39 is 0 Å². The first-order valence-electron chi connectivity index (χ1n) is 5.49. The first-order chi connectivity index (χ1) is 7.22. The van der Waals surface area contributed by atoms with Crippen LogP contribution in [0.4, 0.5) is 0 Å². The Labute approximate surface area is 90.6 Å². The van der Waals surface area contributed by atoms with Gasteiger partial charge in [0.25, 0.3) is 0 Å². The summed E-state index contributed by atoms with van der Waals surface area (Å²) in [5.41, 5.74) is 3.93. The third kappa shape index (κ3) is 2.06. The van der Waals surface area contributed by atoms with E-state index in [0.29, 0.717) is 12.6 Å². The van der Waals surface area contributed by atoms with Crippen LogP contribution in [0, 0.1) is 0 Å². The lowest BCUT2D eigenvalue weighted by Gasteiger charge is -2.25. The fraction of sp³-hybridized carbons (Fsp3) is 0.727. The number of nitrogens with one attached hydrogen (secondary N) is 1. The summed E-state index contributed by atoms with van der Waals surface area (Å²) in [6, 6.07) is 0.